The lowest BCUT2D eigenvalue weighted by atomic mass is 10.1. The van der Waals surface area contributed by atoms with Crippen molar-refractivity contribution in [3.05, 3.63) is 0 Å². The lowest BCUT2D eigenvalue weighted by Crippen LogP contribution is -1.85. The molecule has 0 aliphatic rings. The van der Waals surface area contributed by atoms with Gasteiger partial charge in [-0.2, -0.15) is 0 Å². The summed E-state index contributed by atoms with van der Waals surface area (Å²) in [5.74, 6) is 0. The van der Waals surface area contributed by atoms with E-state index in [2.05, 4.69) is 6.92 Å². The molecule has 1 unspecified atom stereocenters. The van der Waals surface area contributed by atoms with Crippen molar-refractivity contribution in [2.45, 2.75) is 64.7 Å². The quantitative estimate of drug-likeness (QED) is 0.378. The lowest BCUT2D eigenvalue weighted by molar-refractivity contribution is 0.328. The molecule has 0 spiro atoms. The molecule has 0 bridgehead atoms. The summed E-state index contributed by atoms with van der Waals surface area (Å²) in [5, 5.41) is 0. The van der Waals surface area contributed by atoms with E-state index >= 15 is 0 Å². The van der Waals surface area contributed by atoms with Crippen molar-refractivity contribution in [2.75, 3.05) is 6.61 Å². The molecule has 0 rings (SSSR count). The van der Waals surface area contributed by atoms with Crippen molar-refractivity contribution in [3.8, 4) is 0 Å². The monoisotopic (exact) mass is 219 g/mol. The van der Waals surface area contributed by atoms with Crippen LogP contribution >= 0.6 is 8.69 Å². The first-order valence-corrected chi connectivity index (χ1v) is 6.72. The van der Waals surface area contributed by atoms with E-state index in [4.69, 9.17) is 4.52 Å². The molecule has 0 saturated heterocycles. The summed E-state index contributed by atoms with van der Waals surface area (Å²) in [5.41, 5.74) is 0. The molecule has 0 radical (unpaired) electrons. The molecule has 0 saturated carbocycles. The molecule has 0 aromatic rings. The van der Waals surface area contributed by atoms with Crippen molar-refractivity contribution in [1.82, 2.24) is 0 Å². The smallest absolute Gasteiger partial charge is 0.148 e. The number of hydrogen-bond acceptors (Lipinski definition) is 2. The first-order chi connectivity index (χ1) is 6.91. The van der Waals surface area contributed by atoms with Crippen molar-refractivity contribution >= 4 is 8.69 Å². The summed E-state index contributed by atoms with van der Waals surface area (Å²) in [7, 11) is -0.580. The topological polar surface area (TPSA) is 26.3 Å². The van der Waals surface area contributed by atoms with E-state index in [1.165, 1.54) is 51.4 Å². The highest BCUT2D eigenvalue weighted by molar-refractivity contribution is 7.17. The molecule has 3 heteroatoms. The van der Waals surface area contributed by atoms with Gasteiger partial charge in [0.1, 0.15) is 6.61 Å². The van der Waals surface area contributed by atoms with Crippen molar-refractivity contribution in [2.24, 2.45) is 0 Å². The third-order valence-corrected chi connectivity index (χ3v) is 2.73. The largest absolute Gasteiger partial charge is 0.494 e. The average molecular weight is 219 g/mol. The van der Waals surface area contributed by atoms with Crippen LogP contribution in [0, 0.1) is 0 Å². The van der Waals surface area contributed by atoms with E-state index in [9.17, 15) is 4.57 Å². The normalized spacial score (nSPS) is 10.9. The molecular weight excluding hydrogens is 195 g/mol. The Hall–Kier alpha value is 0.0600. The van der Waals surface area contributed by atoms with Crippen LogP contribution in [0.2, 0.25) is 0 Å². The fraction of sp³-hybridized carbons (Fsp3) is 1.00. The molecule has 1 atom stereocenters. The van der Waals surface area contributed by atoms with Crippen molar-refractivity contribution < 1.29 is 9.09 Å². The van der Waals surface area contributed by atoms with Crippen LogP contribution in [0.5, 0.6) is 0 Å². The Balaban J connectivity index is 2.81. The third-order valence-electron chi connectivity index (χ3n) is 2.41. The van der Waals surface area contributed by atoms with E-state index in [1.54, 1.807) is 0 Å². The first kappa shape index (κ1) is 14.1. The first-order valence-electron chi connectivity index (χ1n) is 5.90. The van der Waals surface area contributed by atoms with Gasteiger partial charge in [-0.1, -0.05) is 58.3 Å². The second kappa shape index (κ2) is 13.1. The molecule has 0 aliphatic heterocycles. The minimum atomic E-state index is -0.580. The van der Waals surface area contributed by atoms with E-state index in [-0.39, 0.29) is 0 Å². The molecule has 0 aromatic carbocycles. The van der Waals surface area contributed by atoms with Gasteiger partial charge in [-0.15, -0.1) is 4.52 Å². The summed E-state index contributed by atoms with van der Waals surface area (Å²) in [4.78, 5) is 0. The van der Waals surface area contributed by atoms with Crippen LogP contribution in [-0.2, 0) is 9.09 Å². The Labute approximate surface area is 89.7 Å². The maximum atomic E-state index is 9.97. The Morgan fingerprint density at radius 1 is 0.857 bits per heavy atom. The molecular formula is C11H24O2P+. The van der Waals surface area contributed by atoms with Crippen LogP contribution in [0.3, 0.4) is 0 Å². The van der Waals surface area contributed by atoms with Gasteiger partial charge in [-0.3, -0.25) is 0 Å². The Morgan fingerprint density at radius 3 is 1.86 bits per heavy atom. The highest BCUT2D eigenvalue weighted by Crippen LogP contribution is 2.10. The van der Waals surface area contributed by atoms with Gasteiger partial charge in [-0.25, -0.2) is 0 Å². The van der Waals surface area contributed by atoms with Crippen LogP contribution in [0.15, 0.2) is 0 Å². The van der Waals surface area contributed by atoms with Gasteiger partial charge in [0.2, 0.25) is 0 Å². The molecule has 0 aromatic heterocycles. The Kier molecular flexibility index (Phi) is 13.1. The van der Waals surface area contributed by atoms with Crippen LogP contribution < -0.4 is 0 Å². The molecule has 2 nitrogen and oxygen atoms in total. The summed E-state index contributed by atoms with van der Waals surface area (Å²) in [6.45, 7) is 2.91. The maximum absolute atomic E-state index is 9.97. The number of rotatable bonds is 11. The summed E-state index contributed by atoms with van der Waals surface area (Å²) in [6.07, 6.45) is 11.8. The van der Waals surface area contributed by atoms with E-state index in [1.807, 2.05) is 0 Å². The molecule has 0 fully saturated rings. The van der Waals surface area contributed by atoms with Gasteiger partial charge in [0.05, 0.1) is 0 Å². The zero-order valence-corrected chi connectivity index (χ0v) is 10.4. The second-order valence-electron chi connectivity index (χ2n) is 3.76. The molecule has 0 N–H and O–H groups in total. The molecule has 84 valence electrons. The van der Waals surface area contributed by atoms with Crippen LogP contribution in [0.25, 0.3) is 0 Å². The summed E-state index contributed by atoms with van der Waals surface area (Å²) >= 11 is 0. The molecule has 14 heavy (non-hydrogen) atoms. The predicted octanol–water partition coefficient (Wildman–Crippen LogP) is 4.47. The van der Waals surface area contributed by atoms with Gasteiger partial charge < -0.3 is 0 Å². The van der Waals surface area contributed by atoms with Gasteiger partial charge >= 0.3 is 8.69 Å². The predicted molar refractivity (Wildman–Crippen MR) is 62.2 cm³/mol. The highest BCUT2D eigenvalue weighted by atomic mass is 31.1. The van der Waals surface area contributed by atoms with Crippen LogP contribution in [-0.4, -0.2) is 6.61 Å². The summed E-state index contributed by atoms with van der Waals surface area (Å²) < 4.78 is 14.7. The molecule has 0 aliphatic carbocycles. The van der Waals surface area contributed by atoms with E-state index < -0.39 is 8.69 Å². The van der Waals surface area contributed by atoms with Crippen molar-refractivity contribution in [3.63, 3.8) is 0 Å². The Morgan fingerprint density at radius 2 is 1.36 bits per heavy atom. The lowest BCUT2D eigenvalue weighted by Gasteiger charge is -1.99. The van der Waals surface area contributed by atoms with Gasteiger partial charge in [-0.05, 0) is 11.0 Å². The Bertz CT molecular complexity index is 118. The zero-order chi connectivity index (χ0) is 10.5. The number of unbranched alkanes of at least 4 members (excludes halogenated alkanes) is 8. The minimum Gasteiger partial charge on any atom is -0.148 e. The SMILES string of the molecule is CCCCCCCCCCCO[PH+]=O. The van der Waals surface area contributed by atoms with Crippen LogP contribution in [0.1, 0.15) is 64.7 Å². The fourth-order valence-electron chi connectivity index (χ4n) is 1.53. The van der Waals surface area contributed by atoms with E-state index in [0.29, 0.717) is 6.61 Å². The van der Waals surface area contributed by atoms with Gasteiger partial charge in [0, 0.05) is 0 Å². The van der Waals surface area contributed by atoms with Gasteiger partial charge in [0.15, 0.2) is 0 Å². The third kappa shape index (κ3) is 12.1. The molecule has 0 amide bonds. The summed E-state index contributed by atoms with van der Waals surface area (Å²) in [6, 6.07) is 0. The standard InChI is InChI=1S/C11H24O2P/c1-2-3-4-5-6-7-8-9-10-11-13-14-12/h14H,2-11H2,1H3/q+1. The average Bonchev–Trinajstić information content (AvgIpc) is 2.21. The maximum Gasteiger partial charge on any atom is 0.494 e. The number of hydrogen-bond donors (Lipinski definition) is 0. The highest BCUT2D eigenvalue weighted by Gasteiger charge is 1.94. The molecule has 0 heterocycles. The van der Waals surface area contributed by atoms with Crippen molar-refractivity contribution in [1.29, 1.82) is 0 Å². The second-order valence-corrected chi connectivity index (χ2v) is 4.22. The zero-order valence-electron chi connectivity index (χ0n) is 9.39. The minimum absolute atomic E-state index is 0.580. The van der Waals surface area contributed by atoms with Crippen LogP contribution in [0.4, 0.5) is 0 Å². The van der Waals surface area contributed by atoms with E-state index in [0.717, 1.165) is 6.42 Å². The fourth-order valence-corrected chi connectivity index (χ4v) is 1.75. The van der Waals surface area contributed by atoms with Gasteiger partial charge in [0.25, 0.3) is 0 Å².